The molecule has 0 saturated heterocycles. The third-order valence-electron chi connectivity index (χ3n) is 3.43. The monoisotopic (exact) mass is 295 g/mol. The molecule has 0 fully saturated rings. The molecular formula is C15H18FNO4. The minimum atomic E-state index is -0.860. The fourth-order valence-corrected chi connectivity index (χ4v) is 2.29. The Bertz CT molecular complexity index is 532. The lowest BCUT2D eigenvalue weighted by Gasteiger charge is -2.19. The summed E-state index contributed by atoms with van der Waals surface area (Å²) in [5, 5.41) is 8.55. The number of carboxylic acid groups (broad SMARTS) is 1. The number of hydrogen-bond donors (Lipinski definition) is 1. The Labute approximate surface area is 122 Å². The fraction of sp³-hybridized carbons (Fsp3) is 0.467. The molecule has 1 aliphatic heterocycles. The van der Waals surface area contributed by atoms with E-state index in [0.717, 1.165) is 0 Å². The summed E-state index contributed by atoms with van der Waals surface area (Å²) in [6, 6.07) is 4.62. The number of benzene rings is 1. The van der Waals surface area contributed by atoms with Crippen molar-refractivity contribution in [2.24, 2.45) is 0 Å². The van der Waals surface area contributed by atoms with Crippen molar-refractivity contribution in [3.05, 3.63) is 29.6 Å². The standard InChI is InChI=1S/C15H18FNO4/c16-12-4-3-5-13-11(12)10-17(8-9-21-13)14(18)6-1-2-7-15(19)20/h3-5H,1-2,6-10H2,(H,19,20). The molecule has 1 N–H and O–H groups in total. The highest BCUT2D eigenvalue weighted by atomic mass is 19.1. The summed E-state index contributed by atoms with van der Waals surface area (Å²) >= 11 is 0. The Hall–Kier alpha value is -2.11. The van der Waals surface area contributed by atoms with Crippen molar-refractivity contribution in [3.63, 3.8) is 0 Å². The van der Waals surface area contributed by atoms with E-state index in [4.69, 9.17) is 9.84 Å². The number of rotatable bonds is 5. The van der Waals surface area contributed by atoms with Crippen LogP contribution in [0.2, 0.25) is 0 Å². The molecule has 0 spiro atoms. The first-order chi connectivity index (χ1) is 10.1. The lowest BCUT2D eigenvalue weighted by molar-refractivity contribution is -0.137. The molecule has 1 aromatic rings. The number of carbonyl (C=O) groups is 2. The van der Waals surface area contributed by atoms with Gasteiger partial charge < -0.3 is 14.7 Å². The Morgan fingerprint density at radius 2 is 2.05 bits per heavy atom. The SMILES string of the molecule is O=C(O)CCCCC(=O)N1CCOc2cccc(F)c2C1. The van der Waals surface area contributed by atoms with Crippen molar-refractivity contribution >= 4 is 11.9 Å². The largest absolute Gasteiger partial charge is 0.491 e. The third-order valence-corrected chi connectivity index (χ3v) is 3.43. The van der Waals surface area contributed by atoms with Crippen molar-refractivity contribution in [1.29, 1.82) is 0 Å². The topological polar surface area (TPSA) is 66.8 Å². The number of unbranched alkanes of at least 4 members (excludes halogenated alkanes) is 1. The second-order valence-electron chi connectivity index (χ2n) is 4.98. The van der Waals surface area contributed by atoms with Crippen LogP contribution in [0, 0.1) is 5.82 Å². The van der Waals surface area contributed by atoms with E-state index in [1.165, 1.54) is 6.07 Å². The van der Waals surface area contributed by atoms with Crippen molar-refractivity contribution in [2.45, 2.75) is 32.2 Å². The lowest BCUT2D eigenvalue weighted by atomic mass is 10.1. The van der Waals surface area contributed by atoms with Gasteiger partial charge in [-0.15, -0.1) is 0 Å². The van der Waals surface area contributed by atoms with Gasteiger partial charge in [0.25, 0.3) is 0 Å². The van der Waals surface area contributed by atoms with Crippen molar-refractivity contribution in [3.8, 4) is 5.75 Å². The molecule has 0 bridgehead atoms. The maximum Gasteiger partial charge on any atom is 0.303 e. The van der Waals surface area contributed by atoms with Gasteiger partial charge in [-0.05, 0) is 25.0 Å². The molecule has 21 heavy (non-hydrogen) atoms. The molecule has 1 amide bonds. The summed E-state index contributed by atoms with van der Waals surface area (Å²) in [6.07, 6.45) is 1.33. The summed E-state index contributed by atoms with van der Waals surface area (Å²) in [6.45, 7) is 0.934. The summed E-state index contributed by atoms with van der Waals surface area (Å²) in [7, 11) is 0. The first-order valence-corrected chi connectivity index (χ1v) is 6.97. The first kappa shape index (κ1) is 15.3. The van der Waals surface area contributed by atoms with Crippen LogP contribution in [0.15, 0.2) is 18.2 Å². The zero-order chi connectivity index (χ0) is 15.2. The van der Waals surface area contributed by atoms with Gasteiger partial charge in [-0.2, -0.15) is 0 Å². The molecule has 1 aliphatic rings. The molecule has 0 atom stereocenters. The van der Waals surface area contributed by atoms with Gasteiger partial charge in [-0.25, -0.2) is 4.39 Å². The molecule has 1 heterocycles. The lowest BCUT2D eigenvalue weighted by Crippen LogP contribution is -2.32. The summed E-state index contributed by atoms with van der Waals surface area (Å²) < 4.78 is 19.3. The van der Waals surface area contributed by atoms with E-state index >= 15 is 0 Å². The zero-order valence-corrected chi connectivity index (χ0v) is 11.7. The van der Waals surface area contributed by atoms with E-state index in [0.29, 0.717) is 37.3 Å². The molecule has 2 rings (SSSR count). The summed E-state index contributed by atoms with van der Waals surface area (Å²) in [5.74, 6) is -0.851. The number of halogens is 1. The number of hydrogen-bond acceptors (Lipinski definition) is 3. The fourth-order valence-electron chi connectivity index (χ4n) is 2.29. The number of amides is 1. The predicted molar refractivity (Wildman–Crippen MR) is 73.4 cm³/mol. The molecule has 114 valence electrons. The first-order valence-electron chi connectivity index (χ1n) is 6.97. The predicted octanol–water partition coefficient (Wildman–Crippen LogP) is 2.19. The van der Waals surface area contributed by atoms with E-state index in [1.54, 1.807) is 17.0 Å². The van der Waals surface area contributed by atoms with E-state index in [9.17, 15) is 14.0 Å². The average Bonchev–Trinajstić information content (AvgIpc) is 2.66. The van der Waals surface area contributed by atoms with Gasteiger partial charge in [-0.3, -0.25) is 9.59 Å². The molecule has 0 unspecified atom stereocenters. The van der Waals surface area contributed by atoms with Gasteiger partial charge in [0, 0.05) is 18.4 Å². The van der Waals surface area contributed by atoms with Crippen LogP contribution < -0.4 is 4.74 Å². The molecule has 1 aromatic carbocycles. The highest BCUT2D eigenvalue weighted by Gasteiger charge is 2.21. The highest BCUT2D eigenvalue weighted by molar-refractivity contribution is 5.76. The van der Waals surface area contributed by atoms with E-state index < -0.39 is 5.97 Å². The van der Waals surface area contributed by atoms with E-state index in [-0.39, 0.29) is 31.1 Å². The number of aliphatic carboxylic acids is 1. The number of nitrogens with zero attached hydrogens (tertiary/aromatic N) is 1. The second kappa shape index (κ2) is 7.06. The number of ether oxygens (including phenoxy) is 1. The summed E-state index contributed by atoms with van der Waals surface area (Å²) in [4.78, 5) is 24.1. The molecular weight excluding hydrogens is 277 g/mol. The maximum absolute atomic E-state index is 13.8. The second-order valence-corrected chi connectivity index (χ2v) is 4.98. The summed E-state index contributed by atoms with van der Waals surface area (Å²) in [5.41, 5.74) is 0.397. The quantitative estimate of drug-likeness (QED) is 0.846. The van der Waals surface area contributed by atoms with Crippen LogP contribution in [0.3, 0.4) is 0 Å². The van der Waals surface area contributed by atoms with Gasteiger partial charge in [0.05, 0.1) is 13.1 Å². The van der Waals surface area contributed by atoms with E-state index in [1.807, 2.05) is 0 Å². The van der Waals surface area contributed by atoms with Gasteiger partial charge in [0.15, 0.2) is 0 Å². The molecule has 0 aliphatic carbocycles. The Balaban J connectivity index is 1.93. The molecule has 6 heteroatoms. The van der Waals surface area contributed by atoms with Crippen LogP contribution in [-0.4, -0.2) is 35.0 Å². The average molecular weight is 295 g/mol. The van der Waals surface area contributed by atoms with Crippen LogP contribution in [0.1, 0.15) is 31.2 Å². The highest BCUT2D eigenvalue weighted by Crippen LogP contribution is 2.25. The molecule has 0 saturated carbocycles. The number of carboxylic acids is 1. The van der Waals surface area contributed by atoms with Crippen molar-refractivity contribution in [2.75, 3.05) is 13.2 Å². The normalized spacial score (nSPS) is 14.0. The number of fused-ring (bicyclic) bond motifs is 1. The van der Waals surface area contributed by atoms with Crippen molar-refractivity contribution in [1.82, 2.24) is 4.90 Å². The molecule has 0 radical (unpaired) electrons. The minimum Gasteiger partial charge on any atom is -0.491 e. The minimum absolute atomic E-state index is 0.0633. The third kappa shape index (κ3) is 4.18. The van der Waals surface area contributed by atoms with E-state index in [2.05, 4.69) is 0 Å². The van der Waals surface area contributed by atoms with Crippen LogP contribution >= 0.6 is 0 Å². The van der Waals surface area contributed by atoms with Crippen LogP contribution in [-0.2, 0) is 16.1 Å². The van der Waals surface area contributed by atoms with Gasteiger partial charge in [0.1, 0.15) is 18.2 Å². The Morgan fingerprint density at radius 3 is 2.81 bits per heavy atom. The van der Waals surface area contributed by atoms with Gasteiger partial charge in [0.2, 0.25) is 5.91 Å². The Kier molecular flexibility index (Phi) is 5.14. The zero-order valence-electron chi connectivity index (χ0n) is 11.7. The van der Waals surface area contributed by atoms with Gasteiger partial charge in [-0.1, -0.05) is 6.07 Å². The number of carbonyl (C=O) groups excluding carboxylic acids is 1. The van der Waals surface area contributed by atoms with Crippen LogP contribution in [0.4, 0.5) is 4.39 Å². The maximum atomic E-state index is 13.8. The van der Waals surface area contributed by atoms with Gasteiger partial charge >= 0.3 is 5.97 Å². The van der Waals surface area contributed by atoms with Crippen molar-refractivity contribution < 1.29 is 23.8 Å². The van der Waals surface area contributed by atoms with Crippen LogP contribution in [0.5, 0.6) is 5.75 Å². The Morgan fingerprint density at radius 1 is 1.29 bits per heavy atom. The molecule has 5 nitrogen and oxygen atoms in total. The smallest absolute Gasteiger partial charge is 0.303 e. The van der Waals surface area contributed by atoms with Crippen LogP contribution in [0.25, 0.3) is 0 Å². The molecule has 0 aromatic heterocycles.